The van der Waals surface area contributed by atoms with Gasteiger partial charge in [-0.3, -0.25) is 4.79 Å². The van der Waals surface area contributed by atoms with Crippen LogP contribution < -0.4 is 11.1 Å². The van der Waals surface area contributed by atoms with Crippen LogP contribution in [0.3, 0.4) is 0 Å². The molecule has 2 saturated carbocycles. The molecule has 3 N–H and O–H groups in total. The number of primary amides is 1. The molecule has 0 saturated heterocycles. The van der Waals surface area contributed by atoms with Crippen molar-refractivity contribution in [3.63, 3.8) is 0 Å². The Kier molecular flexibility index (Phi) is 4.51. The third-order valence-electron chi connectivity index (χ3n) is 4.30. The first kappa shape index (κ1) is 14.8. The normalized spacial score (nSPS) is 22.8. The van der Waals surface area contributed by atoms with E-state index in [1.807, 2.05) is 6.92 Å². The van der Waals surface area contributed by atoms with Gasteiger partial charge in [0, 0.05) is 25.2 Å². The van der Waals surface area contributed by atoms with Crippen LogP contribution in [-0.4, -0.2) is 41.5 Å². The minimum atomic E-state index is -0.579. The Labute approximate surface area is 117 Å². The van der Waals surface area contributed by atoms with Crippen molar-refractivity contribution in [3.05, 3.63) is 0 Å². The lowest BCUT2D eigenvalue weighted by Crippen LogP contribution is -2.56. The second-order valence-corrected chi connectivity index (χ2v) is 6.91. The molecule has 1 amide bonds. The Balaban J connectivity index is 1.86. The van der Waals surface area contributed by atoms with Crippen LogP contribution in [0.15, 0.2) is 0 Å². The Morgan fingerprint density at radius 1 is 1.37 bits per heavy atom. The minimum Gasteiger partial charge on any atom is -0.368 e. The van der Waals surface area contributed by atoms with Crippen LogP contribution in [0, 0.1) is 5.92 Å². The first-order valence-electron chi connectivity index (χ1n) is 7.72. The van der Waals surface area contributed by atoms with Crippen molar-refractivity contribution in [2.75, 3.05) is 13.1 Å². The lowest BCUT2D eigenvalue weighted by atomic mass is 9.95. The first-order valence-corrected chi connectivity index (χ1v) is 7.72. The smallest absolute Gasteiger partial charge is 0.237 e. The van der Waals surface area contributed by atoms with Crippen LogP contribution in [0.5, 0.6) is 0 Å². The van der Waals surface area contributed by atoms with E-state index in [4.69, 9.17) is 5.73 Å². The van der Waals surface area contributed by atoms with Gasteiger partial charge in [-0.1, -0.05) is 0 Å². The molecule has 1 unspecified atom stereocenters. The van der Waals surface area contributed by atoms with E-state index in [1.165, 1.54) is 32.2 Å². The average molecular weight is 267 g/mol. The van der Waals surface area contributed by atoms with Crippen molar-refractivity contribution in [1.29, 1.82) is 0 Å². The molecule has 1 atom stereocenters. The monoisotopic (exact) mass is 267 g/mol. The zero-order chi connectivity index (χ0) is 14.0. The average Bonchev–Trinajstić information content (AvgIpc) is 3.13. The quantitative estimate of drug-likeness (QED) is 0.665. The van der Waals surface area contributed by atoms with Crippen molar-refractivity contribution in [3.8, 4) is 0 Å². The molecule has 0 aliphatic heterocycles. The van der Waals surface area contributed by atoms with Gasteiger partial charge >= 0.3 is 0 Å². The van der Waals surface area contributed by atoms with Gasteiger partial charge < -0.3 is 16.0 Å². The second-order valence-electron chi connectivity index (χ2n) is 6.91. The lowest BCUT2D eigenvalue weighted by molar-refractivity contribution is -0.124. The molecule has 0 radical (unpaired) electrons. The highest BCUT2D eigenvalue weighted by atomic mass is 16.1. The fraction of sp³-hybridized carbons (Fsp3) is 0.933. The van der Waals surface area contributed by atoms with Gasteiger partial charge in [-0.05, 0) is 58.8 Å². The van der Waals surface area contributed by atoms with E-state index < -0.39 is 5.54 Å². The van der Waals surface area contributed by atoms with E-state index in [0.29, 0.717) is 0 Å². The number of nitrogens with zero attached hydrogens (tertiary/aromatic N) is 1. The summed E-state index contributed by atoms with van der Waals surface area (Å²) in [5, 5.41) is 3.34. The van der Waals surface area contributed by atoms with Gasteiger partial charge in [0.2, 0.25) is 5.91 Å². The van der Waals surface area contributed by atoms with Crippen molar-refractivity contribution >= 4 is 5.91 Å². The molecule has 4 nitrogen and oxygen atoms in total. The zero-order valence-electron chi connectivity index (χ0n) is 12.6. The standard InChI is InChI=1S/C15H29N3O/c1-11(2)17-15(3,14(16)19)8-9-18(13-6-7-13)10-12-4-5-12/h11-13,17H,4-10H2,1-3H3,(H2,16,19). The van der Waals surface area contributed by atoms with E-state index >= 15 is 0 Å². The molecular formula is C15H29N3O. The number of carbonyl (C=O) groups is 1. The molecule has 0 heterocycles. The Hall–Kier alpha value is -0.610. The van der Waals surface area contributed by atoms with Crippen LogP contribution >= 0.6 is 0 Å². The summed E-state index contributed by atoms with van der Waals surface area (Å²) in [6.07, 6.45) is 6.25. The van der Waals surface area contributed by atoms with Crippen LogP contribution in [-0.2, 0) is 4.79 Å². The van der Waals surface area contributed by atoms with Gasteiger partial charge in [-0.2, -0.15) is 0 Å². The highest BCUT2D eigenvalue weighted by Crippen LogP contribution is 2.35. The maximum atomic E-state index is 11.7. The molecule has 2 fully saturated rings. The summed E-state index contributed by atoms with van der Waals surface area (Å²) in [7, 11) is 0. The van der Waals surface area contributed by atoms with Crippen molar-refractivity contribution in [2.24, 2.45) is 11.7 Å². The molecule has 0 bridgehead atoms. The van der Waals surface area contributed by atoms with Crippen LogP contribution in [0.25, 0.3) is 0 Å². The summed E-state index contributed by atoms with van der Waals surface area (Å²) in [4.78, 5) is 14.3. The fourth-order valence-electron chi connectivity index (χ4n) is 2.77. The maximum Gasteiger partial charge on any atom is 0.237 e. The summed E-state index contributed by atoms with van der Waals surface area (Å²) < 4.78 is 0. The minimum absolute atomic E-state index is 0.233. The van der Waals surface area contributed by atoms with Crippen LogP contribution in [0.2, 0.25) is 0 Å². The van der Waals surface area contributed by atoms with Gasteiger partial charge in [0.1, 0.15) is 0 Å². The summed E-state index contributed by atoms with van der Waals surface area (Å²) in [5.41, 5.74) is 5.01. The van der Waals surface area contributed by atoms with E-state index in [-0.39, 0.29) is 11.9 Å². The van der Waals surface area contributed by atoms with E-state index in [1.54, 1.807) is 0 Å². The molecule has 0 spiro atoms. The molecule has 4 heteroatoms. The lowest BCUT2D eigenvalue weighted by Gasteiger charge is -2.32. The highest BCUT2D eigenvalue weighted by Gasteiger charge is 2.37. The number of nitrogens with two attached hydrogens (primary N) is 1. The van der Waals surface area contributed by atoms with Crippen molar-refractivity contribution < 1.29 is 4.79 Å². The van der Waals surface area contributed by atoms with E-state index in [2.05, 4.69) is 24.1 Å². The molecule has 2 aliphatic rings. The summed E-state index contributed by atoms with van der Waals surface area (Å²) >= 11 is 0. The van der Waals surface area contributed by atoms with Gasteiger partial charge in [-0.25, -0.2) is 0 Å². The van der Waals surface area contributed by atoms with Gasteiger partial charge in [0.05, 0.1) is 5.54 Å². The Morgan fingerprint density at radius 3 is 2.42 bits per heavy atom. The van der Waals surface area contributed by atoms with Gasteiger partial charge in [0.25, 0.3) is 0 Å². The predicted molar refractivity (Wildman–Crippen MR) is 77.8 cm³/mol. The van der Waals surface area contributed by atoms with Gasteiger partial charge in [0.15, 0.2) is 0 Å². The number of amides is 1. The number of hydrogen-bond donors (Lipinski definition) is 2. The Morgan fingerprint density at radius 2 is 2.00 bits per heavy atom. The summed E-state index contributed by atoms with van der Waals surface area (Å²) in [6.45, 7) is 8.27. The maximum absolute atomic E-state index is 11.7. The molecule has 2 aliphatic carbocycles. The zero-order valence-corrected chi connectivity index (χ0v) is 12.6. The molecule has 0 aromatic rings. The summed E-state index contributed by atoms with van der Waals surface area (Å²) in [5.74, 6) is 0.682. The molecule has 0 aromatic carbocycles. The number of carbonyl (C=O) groups excluding carboxylic acids is 1. The number of rotatable bonds is 9. The van der Waals surface area contributed by atoms with Gasteiger partial charge in [-0.15, -0.1) is 0 Å². The topological polar surface area (TPSA) is 58.4 Å². The fourth-order valence-corrected chi connectivity index (χ4v) is 2.77. The largest absolute Gasteiger partial charge is 0.368 e. The van der Waals surface area contributed by atoms with Crippen LogP contribution in [0.4, 0.5) is 0 Å². The van der Waals surface area contributed by atoms with E-state index in [0.717, 1.165) is 24.9 Å². The predicted octanol–water partition coefficient (Wildman–Crippen LogP) is 1.49. The molecular weight excluding hydrogens is 238 g/mol. The number of nitrogens with one attached hydrogen (secondary N) is 1. The van der Waals surface area contributed by atoms with E-state index in [9.17, 15) is 4.79 Å². The number of hydrogen-bond acceptors (Lipinski definition) is 3. The first-order chi connectivity index (χ1) is 8.90. The van der Waals surface area contributed by atoms with Crippen LogP contribution in [0.1, 0.15) is 52.9 Å². The van der Waals surface area contributed by atoms with Crippen molar-refractivity contribution in [1.82, 2.24) is 10.2 Å². The Bertz CT molecular complexity index is 323. The third kappa shape index (κ3) is 4.46. The molecule has 0 aromatic heterocycles. The summed E-state index contributed by atoms with van der Waals surface area (Å²) in [6, 6.07) is 1.05. The van der Waals surface area contributed by atoms with Crippen molar-refractivity contribution in [2.45, 2.75) is 70.5 Å². The second kappa shape index (κ2) is 5.80. The molecule has 19 heavy (non-hydrogen) atoms. The molecule has 2 rings (SSSR count). The third-order valence-corrected chi connectivity index (χ3v) is 4.30. The highest BCUT2D eigenvalue weighted by molar-refractivity contribution is 5.84. The SMILES string of the molecule is CC(C)NC(C)(CCN(CC1CC1)C1CC1)C(N)=O. The molecule has 110 valence electrons.